The Morgan fingerprint density at radius 3 is 2.95 bits per heavy atom. The topological polar surface area (TPSA) is 42.7 Å². The van der Waals surface area contributed by atoms with Gasteiger partial charge in [-0.2, -0.15) is 0 Å². The standard InChI is InChI=1S/C16H18N4/c1-12-7-13(15-5-3-4-6-16(15)19-12)9-20-10-14(8-17-2)18-11-20/h3-7,10-11,17H,8-9H2,1-2H3. The summed E-state index contributed by atoms with van der Waals surface area (Å²) < 4.78 is 2.12. The summed E-state index contributed by atoms with van der Waals surface area (Å²) in [5, 5.41) is 4.32. The lowest BCUT2D eigenvalue weighted by molar-refractivity contribution is 0.783. The van der Waals surface area contributed by atoms with Crippen LogP contribution in [0.15, 0.2) is 42.9 Å². The highest BCUT2D eigenvalue weighted by molar-refractivity contribution is 5.82. The van der Waals surface area contributed by atoms with Crippen LogP contribution in [0.3, 0.4) is 0 Å². The quantitative estimate of drug-likeness (QED) is 0.789. The molecule has 0 aliphatic carbocycles. The van der Waals surface area contributed by atoms with E-state index in [2.05, 4.69) is 50.3 Å². The molecule has 1 aromatic carbocycles. The van der Waals surface area contributed by atoms with E-state index in [1.54, 1.807) is 0 Å². The van der Waals surface area contributed by atoms with Gasteiger partial charge in [-0.1, -0.05) is 18.2 Å². The molecule has 4 heteroatoms. The van der Waals surface area contributed by atoms with E-state index in [1.165, 1.54) is 10.9 Å². The number of aryl methyl sites for hydroxylation is 1. The van der Waals surface area contributed by atoms with E-state index in [0.717, 1.165) is 30.0 Å². The number of hydrogen-bond donors (Lipinski definition) is 1. The summed E-state index contributed by atoms with van der Waals surface area (Å²) in [6.07, 6.45) is 3.97. The molecule has 0 spiro atoms. The molecule has 0 amide bonds. The molecule has 0 fully saturated rings. The number of benzene rings is 1. The average molecular weight is 266 g/mol. The second-order valence-electron chi connectivity index (χ2n) is 5.01. The maximum Gasteiger partial charge on any atom is 0.0953 e. The van der Waals surface area contributed by atoms with E-state index in [4.69, 9.17) is 0 Å². The fourth-order valence-electron chi connectivity index (χ4n) is 2.49. The Hall–Kier alpha value is -2.20. The molecule has 102 valence electrons. The maximum absolute atomic E-state index is 4.58. The smallest absolute Gasteiger partial charge is 0.0953 e. The lowest BCUT2D eigenvalue weighted by atomic mass is 10.1. The maximum atomic E-state index is 4.58. The molecule has 0 aliphatic rings. The minimum Gasteiger partial charge on any atom is -0.333 e. The van der Waals surface area contributed by atoms with Crippen molar-refractivity contribution in [3.8, 4) is 0 Å². The zero-order valence-corrected chi connectivity index (χ0v) is 11.8. The lowest BCUT2D eigenvalue weighted by Gasteiger charge is -2.08. The largest absolute Gasteiger partial charge is 0.333 e. The molecule has 1 N–H and O–H groups in total. The molecule has 20 heavy (non-hydrogen) atoms. The number of rotatable bonds is 4. The summed E-state index contributed by atoms with van der Waals surface area (Å²) in [6.45, 7) is 3.65. The number of pyridine rings is 1. The summed E-state index contributed by atoms with van der Waals surface area (Å²) in [5.74, 6) is 0. The highest BCUT2D eigenvalue weighted by Crippen LogP contribution is 2.19. The Morgan fingerprint density at radius 2 is 2.10 bits per heavy atom. The van der Waals surface area contributed by atoms with Gasteiger partial charge in [0.1, 0.15) is 0 Å². The highest BCUT2D eigenvalue weighted by Gasteiger charge is 2.05. The van der Waals surface area contributed by atoms with Crippen molar-refractivity contribution in [3.63, 3.8) is 0 Å². The third kappa shape index (κ3) is 2.56. The first-order chi connectivity index (χ1) is 9.76. The van der Waals surface area contributed by atoms with Crippen molar-refractivity contribution in [2.45, 2.75) is 20.0 Å². The number of aromatic nitrogens is 3. The molecule has 0 saturated heterocycles. The molecule has 0 saturated carbocycles. The van der Waals surface area contributed by atoms with E-state index in [1.807, 2.05) is 26.4 Å². The minimum atomic E-state index is 0.795. The molecule has 2 heterocycles. The second kappa shape index (κ2) is 5.43. The zero-order valence-electron chi connectivity index (χ0n) is 11.8. The summed E-state index contributed by atoms with van der Waals surface area (Å²) >= 11 is 0. The number of para-hydroxylation sites is 1. The predicted molar refractivity (Wildman–Crippen MR) is 80.6 cm³/mol. The third-order valence-corrected chi connectivity index (χ3v) is 3.33. The normalized spacial score (nSPS) is 11.1. The van der Waals surface area contributed by atoms with Crippen LogP contribution in [0.2, 0.25) is 0 Å². The summed E-state index contributed by atoms with van der Waals surface area (Å²) in [5.41, 5.74) is 4.44. The number of nitrogens with zero attached hydrogens (tertiary/aromatic N) is 3. The first kappa shape index (κ1) is 12.8. The molecule has 0 bridgehead atoms. The van der Waals surface area contributed by atoms with Gasteiger partial charge in [-0.25, -0.2) is 4.98 Å². The van der Waals surface area contributed by atoms with E-state index >= 15 is 0 Å². The van der Waals surface area contributed by atoms with Gasteiger partial charge in [-0.3, -0.25) is 4.98 Å². The molecule has 3 aromatic rings. The molecular weight excluding hydrogens is 248 g/mol. The fourth-order valence-corrected chi connectivity index (χ4v) is 2.49. The van der Waals surface area contributed by atoms with Crippen molar-refractivity contribution in [3.05, 3.63) is 59.8 Å². The number of nitrogens with one attached hydrogen (secondary N) is 1. The fraction of sp³-hybridized carbons (Fsp3) is 0.250. The summed E-state index contributed by atoms with van der Waals surface area (Å²) in [6, 6.07) is 10.4. The zero-order chi connectivity index (χ0) is 13.9. The molecule has 0 atom stereocenters. The van der Waals surface area contributed by atoms with Crippen molar-refractivity contribution in [1.82, 2.24) is 19.9 Å². The summed E-state index contributed by atoms with van der Waals surface area (Å²) in [7, 11) is 1.93. The van der Waals surface area contributed by atoms with Crippen LogP contribution in [-0.2, 0) is 13.1 Å². The van der Waals surface area contributed by atoms with Gasteiger partial charge in [0.05, 0.1) is 17.5 Å². The van der Waals surface area contributed by atoms with Crippen LogP contribution in [0.5, 0.6) is 0 Å². The van der Waals surface area contributed by atoms with Gasteiger partial charge in [0.25, 0.3) is 0 Å². The van der Waals surface area contributed by atoms with Crippen molar-refractivity contribution in [1.29, 1.82) is 0 Å². The Labute approximate surface area is 118 Å². The molecule has 3 rings (SSSR count). The molecule has 4 nitrogen and oxygen atoms in total. The van der Waals surface area contributed by atoms with Crippen molar-refractivity contribution in [2.75, 3.05) is 7.05 Å². The Bertz CT molecular complexity index is 730. The molecule has 0 radical (unpaired) electrons. The van der Waals surface area contributed by atoms with E-state index in [9.17, 15) is 0 Å². The van der Waals surface area contributed by atoms with Crippen LogP contribution in [0.1, 0.15) is 17.0 Å². The van der Waals surface area contributed by atoms with Gasteiger partial charge in [0.15, 0.2) is 0 Å². The number of hydrogen-bond acceptors (Lipinski definition) is 3. The summed E-state index contributed by atoms with van der Waals surface area (Å²) in [4.78, 5) is 8.97. The highest BCUT2D eigenvalue weighted by atomic mass is 15.0. The van der Waals surface area contributed by atoms with Gasteiger partial charge in [0.2, 0.25) is 0 Å². The van der Waals surface area contributed by atoms with Gasteiger partial charge < -0.3 is 9.88 Å². The van der Waals surface area contributed by atoms with Gasteiger partial charge in [-0.05, 0) is 31.7 Å². The lowest BCUT2D eigenvalue weighted by Crippen LogP contribution is -2.05. The first-order valence-corrected chi connectivity index (χ1v) is 6.77. The van der Waals surface area contributed by atoms with Crippen LogP contribution in [0, 0.1) is 6.92 Å². The number of imidazole rings is 1. The van der Waals surface area contributed by atoms with Crippen LogP contribution >= 0.6 is 0 Å². The van der Waals surface area contributed by atoms with Gasteiger partial charge in [0, 0.05) is 30.4 Å². The predicted octanol–water partition coefficient (Wildman–Crippen LogP) is 2.51. The number of fused-ring (bicyclic) bond motifs is 1. The first-order valence-electron chi connectivity index (χ1n) is 6.77. The molecule has 0 aliphatic heterocycles. The third-order valence-electron chi connectivity index (χ3n) is 3.33. The van der Waals surface area contributed by atoms with E-state index < -0.39 is 0 Å². The Balaban J connectivity index is 1.97. The van der Waals surface area contributed by atoms with Crippen molar-refractivity contribution >= 4 is 10.9 Å². The molecule has 0 unspecified atom stereocenters. The van der Waals surface area contributed by atoms with Crippen LogP contribution in [0.4, 0.5) is 0 Å². The van der Waals surface area contributed by atoms with Crippen molar-refractivity contribution < 1.29 is 0 Å². The van der Waals surface area contributed by atoms with Gasteiger partial charge in [-0.15, -0.1) is 0 Å². The second-order valence-corrected chi connectivity index (χ2v) is 5.01. The van der Waals surface area contributed by atoms with Crippen molar-refractivity contribution in [2.24, 2.45) is 0 Å². The minimum absolute atomic E-state index is 0.795. The average Bonchev–Trinajstić information content (AvgIpc) is 2.86. The van der Waals surface area contributed by atoms with Crippen LogP contribution < -0.4 is 5.32 Å². The van der Waals surface area contributed by atoms with Crippen LogP contribution in [0.25, 0.3) is 10.9 Å². The van der Waals surface area contributed by atoms with Crippen LogP contribution in [-0.4, -0.2) is 21.6 Å². The molecule has 2 aromatic heterocycles. The SMILES string of the molecule is CNCc1cn(Cc2cc(C)nc3ccccc23)cn1. The van der Waals surface area contributed by atoms with Gasteiger partial charge >= 0.3 is 0 Å². The Morgan fingerprint density at radius 1 is 1.25 bits per heavy atom. The van der Waals surface area contributed by atoms with E-state index in [-0.39, 0.29) is 0 Å². The van der Waals surface area contributed by atoms with E-state index in [0.29, 0.717) is 0 Å². The molecular formula is C16H18N4. The monoisotopic (exact) mass is 266 g/mol. The Kier molecular flexibility index (Phi) is 3.48.